The Hall–Kier alpha value is -3.42. The second-order valence-electron chi connectivity index (χ2n) is 6.41. The molecule has 0 radical (unpaired) electrons. The predicted octanol–water partition coefficient (Wildman–Crippen LogP) is 0.821. The lowest BCUT2D eigenvalue weighted by atomic mass is 10.2. The molecule has 0 aliphatic rings. The maximum atomic E-state index is 12.5. The molecular formula is C20H22N4O5S. The summed E-state index contributed by atoms with van der Waals surface area (Å²) in [5.74, 6) is -0.825. The topological polar surface area (TPSA) is 140 Å². The van der Waals surface area contributed by atoms with Crippen molar-refractivity contribution in [1.29, 1.82) is 5.26 Å². The van der Waals surface area contributed by atoms with E-state index in [4.69, 9.17) is 5.26 Å². The highest BCUT2D eigenvalue weighted by Gasteiger charge is 2.22. The molecule has 0 aliphatic heterocycles. The van der Waals surface area contributed by atoms with Gasteiger partial charge in [-0.05, 0) is 48.9 Å². The van der Waals surface area contributed by atoms with Gasteiger partial charge in [-0.15, -0.1) is 0 Å². The van der Waals surface area contributed by atoms with Crippen LogP contribution in [0, 0.1) is 11.3 Å². The molecule has 0 heterocycles. The molecule has 0 aliphatic carbocycles. The monoisotopic (exact) mass is 430 g/mol. The van der Waals surface area contributed by atoms with Gasteiger partial charge < -0.3 is 15.7 Å². The number of phenols is 1. The standard InChI is InChI=1S/C20H22N4O5S/c1-24(30(28,29)18-8-6-15(13-21)7-9-18)14-19(26)22-10-3-11-23-20(27)16-4-2-5-17(25)12-16/h2,4-9,12,25H,3,10-11,14H2,1H3,(H,22,26)(H,23,27). The van der Waals surface area contributed by atoms with Crippen molar-refractivity contribution in [2.75, 3.05) is 26.7 Å². The number of aromatic hydroxyl groups is 1. The minimum absolute atomic E-state index is 0.00464. The number of phenolic OH excluding ortho intramolecular Hbond substituents is 1. The molecule has 0 saturated heterocycles. The molecule has 2 rings (SSSR count). The van der Waals surface area contributed by atoms with Crippen molar-refractivity contribution >= 4 is 21.8 Å². The minimum atomic E-state index is -3.85. The molecule has 0 fully saturated rings. The summed E-state index contributed by atoms with van der Waals surface area (Å²) in [6, 6.07) is 13.3. The van der Waals surface area contributed by atoms with Crippen LogP contribution in [-0.4, -0.2) is 56.3 Å². The third-order valence-electron chi connectivity index (χ3n) is 4.13. The predicted molar refractivity (Wildman–Crippen MR) is 109 cm³/mol. The zero-order valence-corrected chi connectivity index (χ0v) is 17.1. The van der Waals surface area contributed by atoms with Crippen molar-refractivity contribution in [1.82, 2.24) is 14.9 Å². The fourth-order valence-corrected chi connectivity index (χ4v) is 3.62. The summed E-state index contributed by atoms with van der Waals surface area (Å²) in [5.41, 5.74) is 0.666. The number of nitrogens with one attached hydrogen (secondary N) is 2. The average Bonchev–Trinajstić information content (AvgIpc) is 2.73. The molecule has 0 atom stereocenters. The Morgan fingerprint density at radius 2 is 1.77 bits per heavy atom. The largest absolute Gasteiger partial charge is 0.508 e. The van der Waals surface area contributed by atoms with Crippen LogP contribution in [0.4, 0.5) is 0 Å². The van der Waals surface area contributed by atoms with Crippen molar-refractivity contribution in [2.45, 2.75) is 11.3 Å². The van der Waals surface area contributed by atoms with Crippen LogP contribution in [0.1, 0.15) is 22.3 Å². The first-order valence-corrected chi connectivity index (χ1v) is 10.5. The molecule has 30 heavy (non-hydrogen) atoms. The molecular weight excluding hydrogens is 408 g/mol. The molecule has 2 amide bonds. The molecule has 0 unspecified atom stereocenters. The first kappa shape index (κ1) is 22.9. The van der Waals surface area contributed by atoms with E-state index in [2.05, 4.69) is 10.6 Å². The van der Waals surface area contributed by atoms with Crippen LogP contribution in [0.5, 0.6) is 5.75 Å². The number of likely N-dealkylation sites (N-methyl/N-ethyl adjacent to an activating group) is 1. The summed E-state index contributed by atoms with van der Waals surface area (Å²) in [7, 11) is -2.56. The van der Waals surface area contributed by atoms with Gasteiger partial charge in [-0.25, -0.2) is 8.42 Å². The van der Waals surface area contributed by atoms with E-state index in [9.17, 15) is 23.1 Å². The van der Waals surface area contributed by atoms with Gasteiger partial charge in [-0.3, -0.25) is 9.59 Å². The average molecular weight is 430 g/mol. The second-order valence-corrected chi connectivity index (χ2v) is 8.45. The Labute approximate surface area is 175 Å². The molecule has 0 bridgehead atoms. The van der Waals surface area contributed by atoms with E-state index in [1.807, 2.05) is 6.07 Å². The Bertz CT molecular complexity index is 1050. The van der Waals surface area contributed by atoms with Gasteiger partial charge in [0.25, 0.3) is 5.91 Å². The first-order valence-electron chi connectivity index (χ1n) is 9.04. The second kappa shape index (κ2) is 10.4. The van der Waals surface area contributed by atoms with Gasteiger partial charge in [-0.2, -0.15) is 9.57 Å². The maximum absolute atomic E-state index is 12.5. The van der Waals surface area contributed by atoms with Gasteiger partial charge in [-0.1, -0.05) is 6.07 Å². The van der Waals surface area contributed by atoms with Gasteiger partial charge >= 0.3 is 0 Å². The minimum Gasteiger partial charge on any atom is -0.508 e. The number of nitrogens with zero attached hydrogens (tertiary/aromatic N) is 2. The molecule has 0 spiro atoms. The summed E-state index contributed by atoms with van der Waals surface area (Å²) in [6.07, 6.45) is 0.447. The lowest BCUT2D eigenvalue weighted by Crippen LogP contribution is -2.39. The van der Waals surface area contributed by atoms with Crippen LogP contribution in [0.3, 0.4) is 0 Å². The van der Waals surface area contributed by atoms with Crippen LogP contribution in [-0.2, 0) is 14.8 Å². The molecule has 2 aromatic carbocycles. The van der Waals surface area contributed by atoms with Crippen molar-refractivity contribution in [3.8, 4) is 11.8 Å². The number of amides is 2. The molecule has 158 valence electrons. The summed E-state index contributed by atoms with van der Waals surface area (Å²) >= 11 is 0. The smallest absolute Gasteiger partial charge is 0.251 e. The fraction of sp³-hybridized carbons (Fsp3) is 0.250. The number of benzene rings is 2. The van der Waals surface area contributed by atoms with Gasteiger partial charge in [0.2, 0.25) is 15.9 Å². The highest BCUT2D eigenvalue weighted by Crippen LogP contribution is 2.14. The molecule has 0 saturated carbocycles. The first-order chi connectivity index (χ1) is 14.2. The SMILES string of the molecule is CN(CC(=O)NCCCNC(=O)c1cccc(O)c1)S(=O)(=O)c1ccc(C#N)cc1. The van der Waals surface area contributed by atoms with Gasteiger partial charge in [0, 0.05) is 25.7 Å². The van der Waals surface area contributed by atoms with Gasteiger partial charge in [0.05, 0.1) is 23.1 Å². The highest BCUT2D eigenvalue weighted by atomic mass is 32.2. The normalized spacial score (nSPS) is 11.0. The van der Waals surface area contributed by atoms with Crippen LogP contribution in [0.2, 0.25) is 0 Å². The Kier molecular flexibility index (Phi) is 7.91. The fourth-order valence-electron chi connectivity index (χ4n) is 2.49. The van der Waals surface area contributed by atoms with Crippen LogP contribution >= 0.6 is 0 Å². The van der Waals surface area contributed by atoms with E-state index >= 15 is 0 Å². The number of rotatable bonds is 9. The van der Waals surface area contributed by atoms with E-state index in [1.165, 1.54) is 43.4 Å². The number of carbonyl (C=O) groups excluding carboxylic acids is 2. The summed E-state index contributed by atoms with van der Waals surface area (Å²) < 4.78 is 25.9. The number of sulfonamides is 1. The van der Waals surface area contributed by atoms with E-state index < -0.39 is 15.9 Å². The Morgan fingerprint density at radius 1 is 1.10 bits per heavy atom. The van der Waals surface area contributed by atoms with Crippen molar-refractivity contribution in [2.24, 2.45) is 0 Å². The van der Waals surface area contributed by atoms with Crippen LogP contribution in [0.15, 0.2) is 53.4 Å². The van der Waals surface area contributed by atoms with Crippen molar-refractivity contribution in [3.63, 3.8) is 0 Å². The van der Waals surface area contributed by atoms with Crippen molar-refractivity contribution < 1.29 is 23.1 Å². The summed E-state index contributed by atoms with van der Waals surface area (Å²) in [4.78, 5) is 23.9. The number of hydrogen-bond acceptors (Lipinski definition) is 6. The van der Waals surface area contributed by atoms with Gasteiger partial charge in [0.15, 0.2) is 0 Å². The molecule has 10 heteroatoms. The molecule has 0 aromatic heterocycles. The lowest BCUT2D eigenvalue weighted by Gasteiger charge is -2.17. The number of hydrogen-bond donors (Lipinski definition) is 3. The zero-order valence-electron chi connectivity index (χ0n) is 16.3. The van der Waals surface area contributed by atoms with E-state index in [0.29, 0.717) is 24.1 Å². The third-order valence-corrected chi connectivity index (χ3v) is 5.95. The lowest BCUT2D eigenvalue weighted by molar-refractivity contribution is -0.121. The highest BCUT2D eigenvalue weighted by molar-refractivity contribution is 7.89. The zero-order chi connectivity index (χ0) is 22.1. The van der Waals surface area contributed by atoms with E-state index in [1.54, 1.807) is 12.1 Å². The molecule has 9 nitrogen and oxygen atoms in total. The molecule has 3 N–H and O–H groups in total. The number of nitriles is 1. The van der Waals surface area contributed by atoms with E-state index in [0.717, 1.165) is 4.31 Å². The Balaban J connectivity index is 1.74. The summed E-state index contributed by atoms with van der Waals surface area (Å²) in [5, 5.41) is 23.4. The Morgan fingerprint density at radius 3 is 2.40 bits per heavy atom. The third kappa shape index (κ3) is 6.30. The quantitative estimate of drug-likeness (QED) is 0.503. The number of carbonyl (C=O) groups is 2. The van der Waals surface area contributed by atoms with Crippen LogP contribution in [0.25, 0.3) is 0 Å². The van der Waals surface area contributed by atoms with Crippen LogP contribution < -0.4 is 10.6 Å². The van der Waals surface area contributed by atoms with E-state index in [-0.39, 0.29) is 29.6 Å². The summed E-state index contributed by atoms with van der Waals surface area (Å²) in [6.45, 7) is 0.191. The maximum Gasteiger partial charge on any atom is 0.251 e. The van der Waals surface area contributed by atoms with Crippen molar-refractivity contribution in [3.05, 3.63) is 59.7 Å². The molecule has 2 aromatic rings. The van der Waals surface area contributed by atoms with Gasteiger partial charge in [0.1, 0.15) is 5.75 Å².